The van der Waals surface area contributed by atoms with Gasteiger partial charge in [-0.2, -0.15) is 5.10 Å². The van der Waals surface area contributed by atoms with Gasteiger partial charge in [0.25, 0.3) is 10.0 Å². The lowest BCUT2D eigenvalue weighted by molar-refractivity contribution is 0.157. The summed E-state index contributed by atoms with van der Waals surface area (Å²) in [5, 5.41) is 6.84. The van der Waals surface area contributed by atoms with Gasteiger partial charge >= 0.3 is 6.03 Å². The molecule has 0 radical (unpaired) electrons. The second-order valence-corrected chi connectivity index (χ2v) is 10.1. The Morgan fingerprint density at radius 2 is 1.84 bits per heavy atom. The van der Waals surface area contributed by atoms with Crippen LogP contribution in [0.15, 0.2) is 11.1 Å². The lowest BCUT2D eigenvalue weighted by atomic mass is 9.98. The van der Waals surface area contributed by atoms with Crippen molar-refractivity contribution in [3.05, 3.63) is 34.3 Å². The summed E-state index contributed by atoms with van der Waals surface area (Å²) in [5.74, 6) is 0.267. The van der Waals surface area contributed by atoms with E-state index >= 15 is 0 Å². The summed E-state index contributed by atoms with van der Waals surface area (Å²) in [4.78, 5) is 12.6. The Morgan fingerprint density at radius 3 is 2.48 bits per heavy atom. The molecular formula is C21H25FN4O4S. The molecule has 0 bridgehead atoms. The molecule has 2 aromatic rings. The van der Waals surface area contributed by atoms with Crippen LogP contribution in [0.5, 0.6) is 5.88 Å². The Hall–Kier alpha value is -2.62. The van der Waals surface area contributed by atoms with E-state index in [4.69, 9.17) is 4.74 Å². The molecule has 10 heteroatoms. The van der Waals surface area contributed by atoms with E-state index in [9.17, 15) is 17.6 Å². The van der Waals surface area contributed by atoms with E-state index in [0.29, 0.717) is 55.6 Å². The summed E-state index contributed by atoms with van der Waals surface area (Å²) >= 11 is 0. The van der Waals surface area contributed by atoms with Crippen molar-refractivity contribution in [1.82, 2.24) is 14.5 Å². The number of hydrogen-bond donors (Lipinski definition) is 2. The van der Waals surface area contributed by atoms with E-state index in [1.165, 1.54) is 10.9 Å². The number of halogens is 1. The number of nitrogens with one attached hydrogen (secondary N) is 2. The molecule has 8 nitrogen and oxygen atoms in total. The van der Waals surface area contributed by atoms with Crippen LogP contribution in [-0.2, 0) is 42.3 Å². The molecule has 0 saturated carbocycles. The molecule has 1 aliphatic heterocycles. The van der Waals surface area contributed by atoms with Gasteiger partial charge in [-0.25, -0.2) is 27.0 Å². The van der Waals surface area contributed by atoms with Crippen molar-refractivity contribution >= 4 is 21.7 Å². The molecule has 5 rings (SSSR count). The molecule has 1 aromatic heterocycles. The number of nitrogens with zero attached hydrogens (tertiary/aromatic N) is 2. The van der Waals surface area contributed by atoms with E-state index < -0.39 is 16.1 Å². The zero-order chi connectivity index (χ0) is 21.8. The number of aromatic nitrogens is 2. The van der Waals surface area contributed by atoms with Crippen LogP contribution >= 0.6 is 0 Å². The minimum Gasteiger partial charge on any atom is -0.476 e. The van der Waals surface area contributed by atoms with Crippen molar-refractivity contribution in [3.8, 4) is 5.88 Å². The number of fused-ring (bicyclic) bond motifs is 3. The first-order valence-corrected chi connectivity index (χ1v) is 12.2. The number of ether oxygens (including phenoxy) is 1. The van der Waals surface area contributed by atoms with Gasteiger partial charge in [0.15, 0.2) is 4.90 Å². The van der Waals surface area contributed by atoms with E-state index in [2.05, 4.69) is 15.1 Å². The van der Waals surface area contributed by atoms with Gasteiger partial charge in [-0.15, -0.1) is 0 Å². The third-order valence-corrected chi connectivity index (χ3v) is 7.86. The van der Waals surface area contributed by atoms with Crippen LogP contribution < -0.4 is 14.8 Å². The van der Waals surface area contributed by atoms with Crippen molar-refractivity contribution < 1.29 is 22.3 Å². The summed E-state index contributed by atoms with van der Waals surface area (Å²) in [6.07, 6.45) is 6.37. The van der Waals surface area contributed by atoms with E-state index in [-0.39, 0.29) is 22.5 Å². The number of anilines is 1. The van der Waals surface area contributed by atoms with Gasteiger partial charge in [-0.05, 0) is 67.2 Å². The van der Waals surface area contributed by atoms with Gasteiger partial charge in [-0.3, -0.25) is 0 Å². The number of sulfonamides is 1. The summed E-state index contributed by atoms with van der Waals surface area (Å²) in [6, 6.07) is -0.864. The number of hydrogen-bond acceptors (Lipinski definition) is 5. The van der Waals surface area contributed by atoms with Crippen molar-refractivity contribution in [2.45, 2.75) is 63.3 Å². The molecule has 2 amide bonds. The van der Waals surface area contributed by atoms with Crippen LogP contribution in [0.4, 0.5) is 14.9 Å². The fourth-order valence-corrected chi connectivity index (χ4v) is 5.90. The van der Waals surface area contributed by atoms with Crippen LogP contribution in [0.25, 0.3) is 0 Å². The Labute approximate surface area is 180 Å². The second-order valence-electron chi connectivity index (χ2n) is 8.45. The van der Waals surface area contributed by atoms with Crippen molar-refractivity contribution in [3.63, 3.8) is 0 Å². The highest BCUT2D eigenvalue weighted by atomic mass is 32.2. The zero-order valence-corrected chi connectivity index (χ0v) is 18.1. The van der Waals surface area contributed by atoms with Gasteiger partial charge in [-0.1, -0.05) is 6.92 Å². The van der Waals surface area contributed by atoms with Crippen LogP contribution in [0, 0.1) is 11.7 Å². The van der Waals surface area contributed by atoms with E-state index in [1.807, 2.05) is 6.92 Å². The zero-order valence-electron chi connectivity index (χ0n) is 17.3. The summed E-state index contributed by atoms with van der Waals surface area (Å²) < 4.78 is 49.8. The Bertz CT molecular complexity index is 1140. The number of benzene rings is 1. The fraction of sp³-hybridized carbons (Fsp3) is 0.524. The molecule has 0 saturated heterocycles. The van der Waals surface area contributed by atoms with E-state index in [0.717, 1.165) is 30.4 Å². The molecule has 2 heterocycles. The maximum atomic E-state index is 14.8. The molecule has 0 fully saturated rings. The molecule has 166 valence electrons. The molecular weight excluding hydrogens is 423 g/mol. The number of rotatable bonds is 4. The average molecular weight is 449 g/mol. The summed E-state index contributed by atoms with van der Waals surface area (Å²) in [6.45, 7) is 3.02. The Kier molecular flexibility index (Phi) is 4.91. The standard InChI is InChI=1S/C21H25FN4O4S/c1-2-12-10-26-20(30-11-12)17(9-23-26)31(28,29)25-21(27)24-19-15-7-3-5-13(15)18(22)14-6-4-8-16(14)19/h9,12H,2-8,10-11H2,1H3,(H2,24,25,27)/t12-/m1/s1. The van der Waals surface area contributed by atoms with Gasteiger partial charge in [0.05, 0.1) is 19.3 Å². The summed E-state index contributed by atoms with van der Waals surface area (Å²) in [7, 11) is -4.18. The van der Waals surface area contributed by atoms with Crippen molar-refractivity contribution in [2.24, 2.45) is 5.92 Å². The third-order valence-electron chi connectivity index (χ3n) is 6.55. The lowest BCUT2D eigenvalue weighted by Crippen LogP contribution is -2.35. The molecule has 3 aliphatic rings. The Balaban J connectivity index is 1.40. The van der Waals surface area contributed by atoms with Gasteiger partial charge in [0, 0.05) is 11.6 Å². The third kappa shape index (κ3) is 3.37. The first-order valence-electron chi connectivity index (χ1n) is 10.8. The number of amides is 2. The Morgan fingerprint density at radius 1 is 1.19 bits per heavy atom. The molecule has 0 spiro atoms. The van der Waals surface area contributed by atoms with E-state index in [1.54, 1.807) is 0 Å². The topological polar surface area (TPSA) is 102 Å². The second kappa shape index (κ2) is 7.51. The fourth-order valence-electron chi connectivity index (χ4n) is 4.91. The molecule has 31 heavy (non-hydrogen) atoms. The van der Waals surface area contributed by atoms with Crippen LogP contribution in [0.1, 0.15) is 48.4 Å². The van der Waals surface area contributed by atoms with Crippen LogP contribution in [0.2, 0.25) is 0 Å². The predicted octanol–water partition coefficient (Wildman–Crippen LogP) is 2.93. The first kappa shape index (κ1) is 20.3. The average Bonchev–Trinajstić information content (AvgIpc) is 3.49. The highest BCUT2D eigenvalue weighted by Crippen LogP contribution is 2.41. The SMILES string of the molecule is CC[C@H]1COc2c(S(=O)(=O)NC(=O)Nc3c4c(c(F)c5c3CCC5)CCC4)cnn2C1. The number of carbonyl (C=O) groups excluding carboxylic acids is 1. The van der Waals surface area contributed by atoms with Gasteiger partial charge < -0.3 is 10.1 Å². The molecule has 2 N–H and O–H groups in total. The minimum absolute atomic E-state index is 0.146. The maximum Gasteiger partial charge on any atom is 0.333 e. The largest absolute Gasteiger partial charge is 0.476 e. The number of urea groups is 1. The molecule has 2 aliphatic carbocycles. The molecule has 1 aromatic carbocycles. The van der Waals surface area contributed by atoms with Gasteiger partial charge in [0.1, 0.15) is 5.82 Å². The number of carbonyl (C=O) groups is 1. The molecule has 1 atom stereocenters. The van der Waals surface area contributed by atoms with Crippen molar-refractivity contribution in [2.75, 3.05) is 11.9 Å². The maximum absolute atomic E-state index is 14.8. The highest BCUT2D eigenvalue weighted by Gasteiger charge is 2.33. The molecule has 0 unspecified atom stereocenters. The van der Waals surface area contributed by atoms with Gasteiger partial charge in [0.2, 0.25) is 5.88 Å². The summed E-state index contributed by atoms with van der Waals surface area (Å²) in [5.41, 5.74) is 3.48. The van der Waals surface area contributed by atoms with Crippen LogP contribution in [-0.4, -0.2) is 30.8 Å². The predicted molar refractivity (Wildman–Crippen MR) is 111 cm³/mol. The quantitative estimate of drug-likeness (QED) is 0.749. The van der Waals surface area contributed by atoms with Crippen molar-refractivity contribution in [1.29, 1.82) is 0 Å². The van der Waals surface area contributed by atoms with Crippen LogP contribution in [0.3, 0.4) is 0 Å². The minimum atomic E-state index is -4.18. The monoisotopic (exact) mass is 448 g/mol. The lowest BCUT2D eigenvalue weighted by Gasteiger charge is -2.23. The highest BCUT2D eigenvalue weighted by molar-refractivity contribution is 7.90. The first-order chi connectivity index (χ1) is 14.9. The smallest absolute Gasteiger partial charge is 0.333 e. The normalized spacial score (nSPS) is 19.4.